The lowest BCUT2D eigenvalue weighted by Crippen LogP contribution is -2.18. The van der Waals surface area contributed by atoms with Gasteiger partial charge in [-0.25, -0.2) is 5.43 Å². The van der Waals surface area contributed by atoms with E-state index in [1.54, 1.807) is 32.6 Å². The molecule has 0 heterocycles. The maximum absolute atomic E-state index is 11.8. The van der Waals surface area contributed by atoms with E-state index >= 15 is 0 Å². The molecule has 0 saturated carbocycles. The van der Waals surface area contributed by atoms with Gasteiger partial charge >= 0.3 is 0 Å². The lowest BCUT2D eigenvalue weighted by atomic mass is 10.2. The zero-order valence-corrected chi connectivity index (χ0v) is 15.4. The molecule has 0 radical (unpaired) electrons. The topological polar surface area (TPSA) is 72.0 Å². The molecule has 6 nitrogen and oxygen atoms in total. The van der Waals surface area contributed by atoms with Crippen LogP contribution in [0, 0.1) is 6.92 Å². The molecule has 0 aliphatic rings. The van der Waals surface area contributed by atoms with Crippen LogP contribution in [-0.4, -0.2) is 32.9 Å². The summed E-state index contributed by atoms with van der Waals surface area (Å²) in [7, 11) is 3.16. The van der Waals surface area contributed by atoms with E-state index in [4.69, 9.17) is 9.47 Å². The highest BCUT2D eigenvalue weighted by atomic mass is 16.5. The van der Waals surface area contributed by atoms with Gasteiger partial charge in [-0.1, -0.05) is 12.1 Å². The molecule has 0 fully saturated rings. The van der Waals surface area contributed by atoms with Crippen LogP contribution >= 0.6 is 0 Å². The minimum absolute atomic E-state index is 0.118. The van der Waals surface area contributed by atoms with Crippen LogP contribution in [0.25, 0.3) is 0 Å². The molecule has 6 heteroatoms. The SMILES string of the molecule is COc1ccc(/C=N/NC(=O)CCCNc2cccc(C)c2)cc1OC. The lowest BCUT2D eigenvalue weighted by molar-refractivity contribution is -0.121. The van der Waals surface area contributed by atoms with Gasteiger partial charge in [-0.05, 0) is 54.8 Å². The zero-order chi connectivity index (χ0) is 18.8. The first kappa shape index (κ1) is 19.3. The highest BCUT2D eigenvalue weighted by Crippen LogP contribution is 2.26. The maximum atomic E-state index is 11.8. The molecule has 0 saturated heterocycles. The molecule has 0 spiro atoms. The molecule has 0 atom stereocenters. The second-order valence-corrected chi connectivity index (χ2v) is 5.81. The molecule has 2 aromatic rings. The van der Waals surface area contributed by atoms with E-state index in [1.807, 2.05) is 18.2 Å². The van der Waals surface area contributed by atoms with E-state index in [0.29, 0.717) is 17.9 Å². The smallest absolute Gasteiger partial charge is 0.240 e. The number of hydrogen-bond donors (Lipinski definition) is 2. The molecule has 138 valence electrons. The van der Waals surface area contributed by atoms with Crippen molar-refractivity contribution in [1.29, 1.82) is 0 Å². The zero-order valence-electron chi connectivity index (χ0n) is 15.4. The summed E-state index contributed by atoms with van der Waals surface area (Å²) in [5, 5.41) is 7.28. The average Bonchev–Trinajstić information content (AvgIpc) is 2.65. The van der Waals surface area contributed by atoms with E-state index in [2.05, 4.69) is 34.9 Å². The molecule has 2 aromatic carbocycles. The number of methoxy groups -OCH3 is 2. The van der Waals surface area contributed by atoms with E-state index in [0.717, 1.165) is 24.2 Å². The van der Waals surface area contributed by atoms with Gasteiger partial charge in [-0.3, -0.25) is 4.79 Å². The van der Waals surface area contributed by atoms with Crippen LogP contribution in [-0.2, 0) is 4.79 Å². The second-order valence-electron chi connectivity index (χ2n) is 5.81. The van der Waals surface area contributed by atoms with Gasteiger partial charge in [0.05, 0.1) is 20.4 Å². The number of carbonyl (C=O) groups excluding carboxylic acids is 1. The van der Waals surface area contributed by atoms with Crippen LogP contribution in [0.5, 0.6) is 11.5 Å². The number of hydrogen-bond acceptors (Lipinski definition) is 5. The van der Waals surface area contributed by atoms with Crippen LogP contribution in [0.1, 0.15) is 24.0 Å². The highest BCUT2D eigenvalue weighted by molar-refractivity contribution is 5.83. The Morgan fingerprint density at radius 2 is 1.92 bits per heavy atom. The fraction of sp³-hybridized carbons (Fsp3) is 0.300. The largest absolute Gasteiger partial charge is 0.493 e. The predicted octanol–water partition coefficient (Wildman–Crippen LogP) is 3.35. The van der Waals surface area contributed by atoms with Gasteiger partial charge in [0.15, 0.2) is 11.5 Å². The molecule has 0 bridgehead atoms. The molecular weight excluding hydrogens is 330 g/mol. The van der Waals surface area contributed by atoms with Gasteiger partial charge in [-0.2, -0.15) is 5.10 Å². The molecule has 0 aliphatic carbocycles. The Labute approximate surface area is 154 Å². The third kappa shape index (κ3) is 6.12. The number of aryl methyl sites for hydroxylation is 1. The first-order valence-corrected chi connectivity index (χ1v) is 8.47. The van der Waals surface area contributed by atoms with Crippen molar-refractivity contribution in [3.8, 4) is 11.5 Å². The summed E-state index contributed by atoms with van der Waals surface area (Å²) in [6.45, 7) is 2.78. The normalized spacial score (nSPS) is 10.6. The number of hydrazone groups is 1. The van der Waals surface area contributed by atoms with Crippen LogP contribution in [0.15, 0.2) is 47.6 Å². The van der Waals surface area contributed by atoms with E-state index in [-0.39, 0.29) is 5.91 Å². The van der Waals surface area contributed by atoms with Crippen molar-refractivity contribution in [3.63, 3.8) is 0 Å². The summed E-state index contributed by atoms with van der Waals surface area (Å²) in [5.41, 5.74) is 5.62. The maximum Gasteiger partial charge on any atom is 0.240 e. The summed E-state index contributed by atoms with van der Waals surface area (Å²) < 4.78 is 10.4. The Bertz CT molecular complexity index is 760. The Morgan fingerprint density at radius 3 is 2.65 bits per heavy atom. The van der Waals surface area contributed by atoms with Crippen molar-refractivity contribution in [2.24, 2.45) is 5.10 Å². The van der Waals surface area contributed by atoms with Gasteiger partial charge in [-0.15, -0.1) is 0 Å². The first-order chi connectivity index (χ1) is 12.6. The monoisotopic (exact) mass is 355 g/mol. The van der Waals surface area contributed by atoms with Gasteiger partial charge in [0.2, 0.25) is 5.91 Å². The standard InChI is InChI=1S/C20H25N3O3/c1-15-6-4-7-17(12-15)21-11-5-8-20(24)23-22-14-16-9-10-18(25-2)19(13-16)26-3/h4,6-7,9-10,12-14,21H,5,8,11H2,1-3H3,(H,23,24)/b22-14+. The number of benzene rings is 2. The summed E-state index contributed by atoms with van der Waals surface area (Å²) in [4.78, 5) is 11.8. The highest BCUT2D eigenvalue weighted by Gasteiger charge is 2.03. The number of nitrogens with one attached hydrogen (secondary N) is 2. The van der Waals surface area contributed by atoms with E-state index in [1.165, 1.54) is 5.56 Å². The van der Waals surface area contributed by atoms with Crippen LogP contribution in [0.3, 0.4) is 0 Å². The van der Waals surface area contributed by atoms with Crippen LogP contribution in [0.4, 0.5) is 5.69 Å². The summed E-state index contributed by atoms with van der Waals surface area (Å²) >= 11 is 0. The molecule has 2 rings (SSSR count). The Kier molecular flexibility index (Phi) is 7.49. The molecule has 0 unspecified atom stereocenters. The number of amides is 1. The van der Waals surface area contributed by atoms with Crippen molar-refractivity contribution in [2.75, 3.05) is 26.1 Å². The Hall–Kier alpha value is -3.02. The number of anilines is 1. The summed E-state index contributed by atoms with van der Waals surface area (Å²) in [5.74, 6) is 1.15. The number of nitrogens with zero attached hydrogens (tertiary/aromatic N) is 1. The average molecular weight is 355 g/mol. The van der Waals surface area contributed by atoms with Crippen molar-refractivity contribution >= 4 is 17.8 Å². The first-order valence-electron chi connectivity index (χ1n) is 8.47. The van der Waals surface area contributed by atoms with Crippen LogP contribution in [0.2, 0.25) is 0 Å². The summed E-state index contributed by atoms with van der Waals surface area (Å²) in [6.07, 6.45) is 2.71. The lowest BCUT2D eigenvalue weighted by Gasteiger charge is -2.07. The predicted molar refractivity (Wildman–Crippen MR) is 104 cm³/mol. The fourth-order valence-electron chi connectivity index (χ4n) is 2.40. The molecule has 0 aliphatic heterocycles. The Balaban J connectivity index is 1.72. The second kappa shape index (κ2) is 10.1. The molecule has 2 N–H and O–H groups in total. The van der Waals surface area contributed by atoms with Crippen molar-refractivity contribution in [2.45, 2.75) is 19.8 Å². The Morgan fingerprint density at radius 1 is 1.12 bits per heavy atom. The van der Waals surface area contributed by atoms with Gasteiger partial charge in [0, 0.05) is 18.7 Å². The molecule has 1 amide bonds. The van der Waals surface area contributed by atoms with Crippen molar-refractivity contribution in [3.05, 3.63) is 53.6 Å². The van der Waals surface area contributed by atoms with Gasteiger partial charge < -0.3 is 14.8 Å². The minimum Gasteiger partial charge on any atom is -0.493 e. The molecular formula is C20H25N3O3. The third-order valence-corrected chi connectivity index (χ3v) is 3.74. The van der Waals surface area contributed by atoms with Gasteiger partial charge in [0.25, 0.3) is 0 Å². The number of rotatable bonds is 9. The van der Waals surface area contributed by atoms with E-state index in [9.17, 15) is 4.79 Å². The quantitative estimate of drug-likeness (QED) is 0.411. The minimum atomic E-state index is -0.118. The fourth-order valence-corrected chi connectivity index (χ4v) is 2.40. The van der Waals surface area contributed by atoms with Crippen molar-refractivity contribution < 1.29 is 14.3 Å². The molecule has 26 heavy (non-hydrogen) atoms. The summed E-state index contributed by atoms with van der Waals surface area (Å²) in [6, 6.07) is 13.6. The van der Waals surface area contributed by atoms with E-state index < -0.39 is 0 Å². The van der Waals surface area contributed by atoms with Gasteiger partial charge in [0.1, 0.15) is 0 Å². The third-order valence-electron chi connectivity index (χ3n) is 3.74. The number of ether oxygens (including phenoxy) is 2. The number of carbonyl (C=O) groups is 1. The van der Waals surface area contributed by atoms with Crippen LogP contribution < -0.4 is 20.2 Å². The molecule has 0 aromatic heterocycles. The van der Waals surface area contributed by atoms with Crippen molar-refractivity contribution in [1.82, 2.24) is 5.43 Å².